The molecule has 1 N–H and O–H groups in total. The summed E-state index contributed by atoms with van der Waals surface area (Å²) in [5.74, 6) is 0. The summed E-state index contributed by atoms with van der Waals surface area (Å²) in [5.41, 5.74) is 5.67. The van der Waals surface area contributed by atoms with Crippen LogP contribution in [0.2, 0.25) is 5.02 Å². The molecule has 4 nitrogen and oxygen atoms in total. The van der Waals surface area contributed by atoms with E-state index in [0.717, 1.165) is 21.8 Å². The Morgan fingerprint density at radius 3 is 2.57 bits per heavy atom. The summed E-state index contributed by atoms with van der Waals surface area (Å²) < 4.78 is 3.99. The monoisotopic (exact) mass is 314 g/mol. The maximum Gasteiger partial charge on any atom is 0.114 e. The Hall–Kier alpha value is -2.24. The van der Waals surface area contributed by atoms with Crippen molar-refractivity contribution in [3.8, 4) is 11.3 Å². The largest absolute Gasteiger partial charge is 0.278 e. The lowest BCUT2D eigenvalue weighted by Gasteiger charge is -1.99. The van der Waals surface area contributed by atoms with Crippen LogP contribution in [-0.4, -0.2) is 15.8 Å². The van der Waals surface area contributed by atoms with Crippen molar-refractivity contribution in [3.63, 3.8) is 0 Å². The standard InChI is InChI=1S/C15H11ClN4S/c16-12-8-6-11(7-9-12)15-14(21-20-19-15)10-17-18-13-4-2-1-3-5-13/h1-10,18H/b17-10+. The van der Waals surface area contributed by atoms with Crippen LogP contribution in [0.1, 0.15) is 4.88 Å². The second-order valence-electron chi connectivity index (χ2n) is 4.23. The Bertz CT molecular complexity index is 738. The fourth-order valence-electron chi connectivity index (χ4n) is 1.77. The molecule has 0 bridgehead atoms. The summed E-state index contributed by atoms with van der Waals surface area (Å²) in [6.45, 7) is 0. The Kier molecular flexibility index (Phi) is 4.23. The number of para-hydroxylation sites is 1. The molecule has 0 fully saturated rings. The number of hydrazone groups is 1. The van der Waals surface area contributed by atoms with Gasteiger partial charge >= 0.3 is 0 Å². The summed E-state index contributed by atoms with van der Waals surface area (Å²) in [5, 5.41) is 9.06. The van der Waals surface area contributed by atoms with Crippen LogP contribution < -0.4 is 5.43 Å². The van der Waals surface area contributed by atoms with Gasteiger partial charge in [-0.05, 0) is 35.8 Å². The minimum Gasteiger partial charge on any atom is -0.278 e. The van der Waals surface area contributed by atoms with E-state index in [0.29, 0.717) is 5.02 Å². The number of anilines is 1. The van der Waals surface area contributed by atoms with Gasteiger partial charge in [0.2, 0.25) is 0 Å². The van der Waals surface area contributed by atoms with Crippen LogP contribution in [0, 0.1) is 0 Å². The SMILES string of the molecule is Clc1ccc(-c2nnsc2/C=N/Nc2ccccc2)cc1. The minimum absolute atomic E-state index is 0.697. The topological polar surface area (TPSA) is 50.2 Å². The van der Waals surface area contributed by atoms with Crippen LogP contribution in [-0.2, 0) is 0 Å². The molecule has 1 heterocycles. The summed E-state index contributed by atoms with van der Waals surface area (Å²) >= 11 is 7.19. The number of hydrogen-bond donors (Lipinski definition) is 1. The number of aromatic nitrogens is 2. The number of rotatable bonds is 4. The maximum atomic E-state index is 5.89. The van der Waals surface area contributed by atoms with Gasteiger partial charge in [0.1, 0.15) is 5.69 Å². The second kappa shape index (κ2) is 6.47. The molecule has 0 atom stereocenters. The molecule has 21 heavy (non-hydrogen) atoms. The van der Waals surface area contributed by atoms with Crippen molar-refractivity contribution in [2.75, 3.05) is 5.43 Å². The van der Waals surface area contributed by atoms with Crippen molar-refractivity contribution in [2.45, 2.75) is 0 Å². The second-order valence-corrected chi connectivity index (χ2v) is 5.45. The summed E-state index contributed by atoms with van der Waals surface area (Å²) in [4.78, 5) is 0.890. The van der Waals surface area contributed by atoms with Crippen LogP contribution in [0.5, 0.6) is 0 Å². The van der Waals surface area contributed by atoms with Gasteiger partial charge in [0.25, 0.3) is 0 Å². The number of benzene rings is 2. The Morgan fingerprint density at radius 2 is 1.81 bits per heavy atom. The zero-order chi connectivity index (χ0) is 14.5. The Labute approximate surface area is 131 Å². The lowest BCUT2D eigenvalue weighted by molar-refractivity contribution is 1.16. The molecule has 0 aliphatic rings. The van der Waals surface area contributed by atoms with E-state index >= 15 is 0 Å². The molecule has 0 radical (unpaired) electrons. The first-order chi connectivity index (χ1) is 10.3. The predicted octanol–water partition coefficient (Wildman–Crippen LogP) is 4.30. The van der Waals surface area contributed by atoms with Crippen LogP contribution in [0.15, 0.2) is 59.7 Å². The Morgan fingerprint density at radius 1 is 1.05 bits per heavy atom. The molecule has 6 heteroatoms. The molecule has 0 saturated carbocycles. The fourth-order valence-corrected chi connectivity index (χ4v) is 2.45. The van der Waals surface area contributed by atoms with E-state index in [-0.39, 0.29) is 0 Å². The van der Waals surface area contributed by atoms with E-state index in [1.165, 1.54) is 11.5 Å². The van der Waals surface area contributed by atoms with Crippen molar-refractivity contribution in [1.29, 1.82) is 0 Å². The fraction of sp³-hybridized carbons (Fsp3) is 0. The molecule has 3 aromatic rings. The summed E-state index contributed by atoms with van der Waals surface area (Å²) in [6.07, 6.45) is 1.72. The quantitative estimate of drug-likeness (QED) is 0.577. The van der Waals surface area contributed by atoms with Crippen molar-refractivity contribution in [1.82, 2.24) is 9.59 Å². The molecule has 2 aromatic carbocycles. The first kappa shape index (κ1) is 13.7. The van der Waals surface area contributed by atoms with E-state index in [1.807, 2.05) is 54.6 Å². The van der Waals surface area contributed by atoms with E-state index < -0.39 is 0 Å². The van der Waals surface area contributed by atoms with Crippen molar-refractivity contribution in [2.24, 2.45) is 5.10 Å². The van der Waals surface area contributed by atoms with E-state index in [1.54, 1.807) is 6.21 Å². The third kappa shape index (κ3) is 3.45. The average Bonchev–Trinajstić information content (AvgIpc) is 2.98. The maximum absolute atomic E-state index is 5.89. The first-order valence-electron chi connectivity index (χ1n) is 6.25. The van der Waals surface area contributed by atoms with Crippen LogP contribution in [0.25, 0.3) is 11.3 Å². The predicted molar refractivity (Wildman–Crippen MR) is 88.0 cm³/mol. The number of hydrogen-bond acceptors (Lipinski definition) is 5. The third-order valence-electron chi connectivity index (χ3n) is 2.78. The van der Waals surface area contributed by atoms with E-state index in [2.05, 4.69) is 20.1 Å². The van der Waals surface area contributed by atoms with Gasteiger partial charge in [-0.3, -0.25) is 5.43 Å². The molecule has 0 aliphatic heterocycles. The zero-order valence-electron chi connectivity index (χ0n) is 10.9. The minimum atomic E-state index is 0.697. The molecule has 0 amide bonds. The van der Waals surface area contributed by atoms with Crippen LogP contribution >= 0.6 is 23.1 Å². The van der Waals surface area contributed by atoms with Gasteiger partial charge in [-0.1, -0.05) is 46.4 Å². The molecule has 0 unspecified atom stereocenters. The molecule has 104 valence electrons. The molecular formula is C15H11ClN4S. The van der Waals surface area contributed by atoms with Gasteiger partial charge in [-0.15, -0.1) is 5.10 Å². The van der Waals surface area contributed by atoms with Crippen molar-refractivity contribution >= 4 is 35.0 Å². The summed E-state index contributed by atoms with van der Waals surface area (Å²) in [7, 11) is 0. The van der Waals surface area contributed by atoms with Crippen molar-refractivity contribution in [3.05, 3.63) is 64.5 Å². The molecule has 0 saturated heterocycles. The first-order valence-corrected chi connectivity index (χ1v) is 7.40. The van der Waals surface area contributed by atoms with E-state index in [9.17, 15) is 0 Å². The normalized spacial score (nSPS) is 10.9. The highest BCUT2D eigenvalue weighted by Crippen LogP contribution is 2.24. The highest BCUT2D eigenvalue weighted by atomic mass is 35.5. The van der Waals surface area contributed by atoms with Gasteiger partial charge in [-0.25, -0.2) is 0 Å². The molecule has 0 aliphatic carbocycles. The number of halogens is 1. The van der Waals surface area contributed by atoms with Crippen LogP contribution in [0.3, 0.4) is 0 Å². The van der Waals surface area contributed by atoms with Gasteiger partial charge < -0.3 is 0 Å². The molecule has 3 rings (SSSR count). The van der Waals surface area contributed by atoms with Gasteiger partial charge in [0.15, 0.2) is 0 Å². The number of nitrogens with zero attached hydrogens (tertiary/aromatic N) is 3. The summed E-state index contributed by atoms with van der Waals surface area (Å²) in [6, 6.07) is 17.3. The molecule has 1 aromatic heterocycles. The van der Waals surface area contributed by atoms with Crippen molar-refractivity contribution < 1.29 is 0 Å². The third-order valence-corrected chi connectivity index (χ3v) is 3.69. The number of nitrogens with one attached hydrogen (secondary N) is 1. The highest BCUT2D eigenvalue weighted by Gasteiger charge is 2.08. The smallest absolute Gasteiger partial charge is 0.114 e. The van der Waals surface area contributed by atoms with Gasteiger partial charge in [-0.2, -0.15) is 5.10 Å². The van der Waals surface area contributed by atoms with E-state index in [4.69, 9.17) is 11.6 Å². The average molecular weight is 315 g/mol. The zero-order valence-corrected chi connectivity index (χ0v) is 12.5. The molecule has 0 spiro atoms. The lowest BCUT2D eigenvalue weighted by atomic mass is 10.1. The molecular weight excluding hydrogens is 304 g/mol. The van der Waals surface area contributed by atoms with Gasteiger partial charge in [0.05, 0.1) is 16.8 Å². The van der Waals surface area contributed by atoms with Crippen LogP contribution in [0.4, 0.5) is 5.69 Å². The lowest BCUT2D eigenvalue weighted by Crippen LogP contribution is -1.90. The highest BCUT2D eigenvalue weighted by molar-refractivity contribution is 7.08. The van der Waals surface area contributed by atoms with Gasteiger partial charge in [0, 0.05) is 10.6 Å². The Balaban J connectivity index is 1.78.